The van der Waals surface area contributed by atoms with E-state index in [4.69, 9.17) is 0 Å². The number of ether oxygens (including phenoxy) is 1. The zero-order chi connectivity index (χ0) is 9.97. The van der Waals surface area contributed by atoms with E-state index in [0.29, 0.717) is 10.6 Å². The van der Waals surface area contributed by atoms with Crippen molar-refractivity contribution in [3.63, 3.8) is 0 Å². The number of esters is 1. The van der Waals surface area contributed by atoms with Gasteiger partial charge in [-0.1, -0.05) is 0 Å². The van der Waals surface area contributed by atoms with Gasteiger partial charge >= 0.3 is 5.97 Å². The number of nitrogens with zero attached hydrogens (tertiary/aromatic N) is 4. The lowest BCUT2D eigenvalue weighted by Crippen LogP contribution is -2.05. The van der Waals surface area contributed by atoms with Crippen molar-refractivity contribution in [3.05, 3.63) is 23.3 Å². The molecule has 0 aliphatic heterocycles. The molecule has 0 radical (unpaired) electrons. The summed E-state index contributed by atoms with van der Waals surface area (Å²) in [6.45, 7) is 0. The first-order valence-corrected chi connectivity index (χ1v) is 4.60. The fraction of sp³-hybridized carbons (Fsp3) is 0.143. The molecule has 6 nitrogen and oxygen atoms in total. The molecule has 14 heavy (non-hydrogen) atoms. The molecule has 0 bridgehead atoms. The summed E-state index contributed by atoms with van der Waals surface area (Å²) in [6.07, 6.45) is 1.43. The Bertz CT molecular complexity index is 436. The molecule has 0 atom stereocenters. The first-order chi connectivity index (χ1) is 6.83. The molecule has 0 spiro atoms. The molecule has 2 rings (SSSR count). The summed E-state index contributed by atoms with van der Waals surface area (Å²) in [5, 5.41) is 13.1. The van der Waals surface area contributed by atoms with E-state index in [9.17, 15) is 4.79 Å². The Balaban J connectivity index is 2.45. The van der Waals surface area contributed by atoms with Gasteiger partial charge in [0.2, 0.25) is 0 Å². The van der Waals surface area contributed by atoms with Crippen LogP contribution < -0.4 is 0 Å². The van der Waals surface area contributed by atoms with Crippen LogP contribution in [0.25, 0.3) is 5.00 Å². The van der Waals surface area contributed by atoms with Gasteiger partial charge in [-0.25, -0.2) is 4.79 Å². The van der Waals surface area contributed by atoms with Gasteiger partial charge in [-0.2, -0.15) is 4.68 Å². The Kier molecular flexibility index (Phi) is 2.23. The van der Waals surface area contributed by atoms with Gasteiger partial charge in [0, 0.05) is 0 Å². The smallest absolute Gasteiger partial charge is 0.340 e. The highest BCUT2D eigenvalue weighted by Crippen LogP contribution is 2.20. The van der Waals surface area contributed by atoms with E-state index in [0.717, 1.165) is 0 Å². The van der Waals surface area contributed by atoms with Gasteiger partial charge in [0.25, 0.3) is 0 Å². The number of thiophene rings is 1. The minimum atomic E-state index is -0.392. The highest BCUT2D eigenvalue weighted by atomic mass is 32.1. The van der Waals surface area contributed by atoms with Gasteiger partial charge in [0.15, 0.2) is 0 Å². The molecular formula is C7H6N4O2S. The van der Waals surface area contributed by atoms with E-state index in [1.165, 1.54) is 29.5 Å². The number of methoxy groups -OCH3 is 1. The number of hydrogen-bond donors (Lipinski definition) is 0. The molecule has 0 saturated carbocycles. The lowest BCUT2D eigenvalue weighted by atomic mass is 10.3. The maximum atomic E-state index is 11.3. The average Bonchev–Trinajstić information content (AvgIpc) is 2.85. The molecule has 0 N–H and O–H groups in total. The molecule has 0 aliphatic rings. The van der Waals surface area contributed by atoms with Gasteiger partial charge in [-0.05, 0) is 21.9 Å². The van der Waals surface area contributed by atoms with Gasteiger partial charge in [0.1, 0.15) is 11.3 Å². The maximum absolute atomic E-state index is 11.3. The fourth-order valence-electron chi connectivity index (χ4n) is 0.998. The standard InChI is InChI=1S/C7H6N4O2S/c1-13-7(12)5-2-3-14-6(5)11-4-8-9-10-11/h2-4H,1H3. The van der Waals surface area contributed by atoms with Gasteiger partial charge in [0.05, 0.1) is 12.7 Å². The van der Waals surface area contributed by atoms with Crippen LogP contribution >= 0.6 is 11.3 Å². The normalized spacial score (nSPS) is 10.1. The summed E-state index contributed by atoms with van der Waals surface area (Å²) in [5.41, 5.74) is 0.463. The molecule has 7 heteroatoms. The molecular weight excluding hydrogens is 204 g/mol. The van der Waals surface area contributed by atoms with E-state index >= 15 is 0 Å². The number of rotatable bonds is 2. The fourth-order valence-corrected chi connectivity index (χ4v) is 1.80. The van der Waals surface area contributed by atoms with Crippen LogP contribution in [-0.4, -0.2) is 33.3 Å². The monoisotopic (exact) mass is 210 g/mol. The lowest BCUT2D eigenvalue weighted by molar-refractivity contribution is 0.0601. The molecule has 0 fully saturated rings. The van der Waals surface area contributed by atoms with E-state index in [2.05, 4.69) is 20.3 Å². The molecule has 0 saturated heterocycles. The lowest BCUT2D eigenvalue weighted by Gasteiger charge is -1.99. The summed E-state index contributed by atoms with van der Waals surface area (Å²) in [6, 6.07) is 1.67. The zero-order valence-corrected chi connectivity index (χ0v) is 8.06. The second kappa shape index (κ2) is 3.54. The summed E-state index contributed by atoms with van der Waals surface area (Å²) in [5.74, 6) is -0.392. The van der Waals surface area contributed by atoms with Gasteiger partial charge in [-0.15, -0.1) is 16.4 Å². The second-order valence-electron chi connectivity index (χ2n) is 2.39. The van der Waals surface area contributed by atoms with Crippen LogP contribution in [0.3, 0.4) is 0 Å². The largest absolute Gasteiger partial charge is 0.465 e. The molecule has 2 heterocycles. The number of carbonyl (C=O) groups excluding carboxylic acids is 1. The molecule has 2 aromatic heterocycles. The SMILES string of the molecule is COC(=O)c1ccsc1-n1cnnn1. The van der Waals surface area contributed by atoms with Crippen molar-refractivity contribution in [1.29, 1.82) is 0 Å². The highest BCUT2D eigenvalue weighted by Gasteiger charge is 2.15. The van der Waals surface area contributed by atoms with Crippen molar-refractivity contribution in [2.24, 2.45) is 0 Å². The van der Waals surface area contributed by atoms with Crippen molar-refractivity contribution in [2.45, 2.75) is 0 Å². The van der Waals surface area contributed by atoms with E-state index in [1.807, 2.05) is 0 Å². The Labute approximate surface area is 83.1 Å². The molecule has 72 valence electrons. The van der Waals surface area contributed by atoms with Crippen molar-refractivity contribution in [3.8, 4) is 5.00 Å². The summed E-state index contributed by atoms with van der Waals surface area (Å²) in [7, 11) is 1.34. The summed E-state index contributed by atoms with van der Waals surface area (Å²) >= 11 is 1.37. The molecule has 0 amide bonds. The number of tetrazole rings is 1. The van der Waals surface area contributed by atoms with E-state index in [1.54, 1.807) is 11.4 Å². The minimum Gasteiger partial charge on any atom is -0.465 e. The summed E-state index contributed by atoms with van der Waals surface area (Å²) < 4.78 is 6.05. The van der Waals surface area contributed by atoms with Gasteiger partial charge in [-0.3, -0.25) is 0 Å². The number of carbonyl (C=O) groups is 1. The Morgan fingerprint density at radius 3 is 3.14 bits per heavy atom. The topological polar surface area (TPSA) is 69.9 Å². The minimum absolute atomic E-state index is 0.392. The van der Waals surface area contributed by atoms with Crippen molar-refractivity contribution in [1.82, 2.24) is 20.2 Å². The van der Waals surface area contributed by atoms with Crippen molar-refractivity contribution in [2.75, 3.05) is 7.11 Å². The van der Waals surface area contributed by atoms with Crippen molar-refractivity contribution < 1.29 is 9.53 Å². The van der Waals surface area contributed by atoms with Crippen LogP contribution in [0, 0.1) is 0 Å². The quantitative estimate of drug-likeness (QED) is 0.675. The Morgan fingerprint density at radius 1 is 1.64 bits per heavy atom. The zero-order valence-electron chi connectivity index (χ0n) is 7.25. The molecule has 0 unspecified atom stereocenters. The Hall–Kier alpha value is -1.76. The predicted octanol–water partition coefficient (Wildman–Crippen LogP) is 0.510. The van der Waals surface area contributed by atoms with Crippen LogP contribution in [0.5, 0.6) is 0 Å². The predicted molar refractivity (Wildman–Crippen MR) is 48.4 cm³/mol. The maximum Gasteiger partial charge on any atom is 0.340 e. The first-order valence-electron chi connectivity index (χ1n) is 3.72. The third-order valence-corrected chi connectivity index (χ3v) is 2.51. The third kappa shape index (κ3) is 1.37. The number of hydrogen-bond acceptors (Lipinski definition) is 6. The first kappa shape index (κ1) is 8.82. The molecule has 2 aromatic rings. The van der Waals surface area contributed by atoms with Crippen LogP contribution in [0.4, 0.5) is 0 Å². The average molecular weight is 210 g/mol. The van der Waals surface area contributed by atoms with Crippen LogP contribution in [0.1, 0.15) is 10.4 Å². The molecule has 0 aromatic carbocycles. The third-order valence-electron chi connectivity index (χ3n) is 1.61. The second-order valence-corrected chi connectivity index (χ2v) is 3.28. The van der Waals surface area contributed by atoms with Crippen LogP contribution in [-0.2, 0) is 4.74 Å². The van der Waals surface area contributed by atoms with Crippen molar-refractivity contribution >= 4 is 17.3 Å². The van der Waals surface area contributed by atoms with Crippen LogP contribution in [0.2, 0.25) is 0 Å². The Morgan fingerprint density at radius 2 is 2.50 bits per heavy atom. The summed E-state index contributed by atoms with van der Waals surface area (Å²) in [4.78, 5) is 11.3. The highest BCUT2D eigenvalue weighted by molar-refractivity contribution is 7.12. The van der Waals surface area contributed by atoms with E-state index < -0.39 is 5.97 Å². The van der Waals surface area contributed by atoms with Gasteiger partial charge < -0.3 is 4.74 Å². The number of aromatic nitrogens is 4. The van der Waals surface area contributed by atoms with E-state index in [-0.39, 0.29) is 0 Å². The van der Waals surface area contributed by atoms with Crippen LogP contribution in [0.15, 0.2) is 17.8 Å². The molecule has 0 aliphatic carbocycles.